The van der Waals surface area contributed by atoms with E-state index in [1.807, 2.05) is 12.1 Å². The monoisotopic (exact) mass is 308 g/mol. The molecular weight excluding hydrogens is 292 g/mol. The van der Waals surface area contributed by atoms with Gasteiger partial charge < -0.3 is 15.0 Å². The number of aromatic nitrogens is 1. The summed E-state index contributed by atoms with van der Waals surface area (Å²) in [6, 6.07) is 11.0. The van der Waals surface area contributed by atoms with Gasteiger partial charge in [0.05, 0.1) is 42.3 Å². The molecule has 0 atom stereocenters. The van der Waals surface area contributed by atoms with Crippen molar-refractivity contribution >= 4 is 17.3 Å². The van der Waals surface area contributed by atoms with Crippen LogP contribution in [0, 0.1) is 11.3 Å². The van der Waals surface area contributed by atoms with Gasteiger partial charge in [-0.2, -0.15) is 5.26 Å². The van der Waals surface area contributed by atoms with Gasteiger partial charge in [0.25, 0.3) is 5.91 Å². The number of morpholine rings is 1. The van der Waals surface area contributed by atoms with Gasteiger partial charge >= 0.3 is 0 Å². The number of anilines is 2. The van der Waals surface area contributed by atoms with E-state index in [4.69, 9.17) is 10.00 Å². The lowest BCUT2D eigenvalue weighted by Crippen LogP contribution is -2.40. The fraction of sp³-hybridized carbons (Fsp3) is 0.235. The number of ether oxygens (including phenoxy) is 1. The minimum absolute atomic E-state index is 0.0377. The molecule has 0 unspecified atom stereocenters. The van der Waals surface area contributed by atoms with Gasteiger partial charge in [0, 0.05) is 25.0 Å². The third kappa shape index (κ3) is 3.65. The Morgan fingerprint density at radius 1 is 1.17 bits per heavy atom. The number of nitriles is 1. The van der Waals surface area contributed by atoms with Gasteiger partial charge in [0.2, 0.25) is 0 Å². The van der Waals surface area contributed by atoms with Crippen LogP contribution < -0.4 is 5.32 Å². The molecule has 0 spiro atoms. The highest BCUT2D eigenvalue weighted by Crippen LogP contribution is 2.18. The SMILES string of the molecule is N#Cc1ccc(Nc2cncc(C(=O)N3CCOCC3)c2)cc1. The normalized spacial score (nSPS) is 14.1. The molecule has 0 saturated carbocycles. The van der Waals surface area contributed by atoms with Crippen LogP contribution >= 0.6 is 0 Å². The Bertz CT molecular complexity index is 731. The van der Waals surface area contributed by atoms with Crippen LogP contribution in [0.3, 0.4) is 0 Å². The Kier molecular flexibility index (Phi) is 4.50. The van der Waals surface area contributed by atoms with Gasteiger partial charge in [-0.1, -0.05) is 0 Å². The summed E-state index contributed by atoms with van der Waals surface area (Å²) in [6.45, 7) is 2.35. The Labute approximate surface area is 134 Å². The van der Waals surface area contributed by atoms with Crippen molar-refractivity contribution in [2.75, 3.05) is 31.6 Å². The first-order valence-electron chi connectivity index (χ1n) is 7.35. The molecule has 3 rings (SSSR count). The van der Waals surface area contributed by atoms with Crippen molar-refractivity contribution in [2.24, 2.45) is 0 Å². The Morgan fingerprint density at radius 2 is 1.91 bits per heavy atom. The molecule has 116 valence electrons. The summed E-state index contributed by atoms with van der Waals surface area (Å²) < 4.78 is 5.26. The molecular formula is C17H16N4O2. The van der Waals surface area contributed by atoms with Crippen LogP contribution in [-0.4, -0.2) is 42.1 Å². The molecule has 1 aliphatic heterocycles. The van der Waals surface area contributed by atoms with Gasteiger partial charge in [0.1, 0.15) is 0 Å². The van der Waals surface area contributed by atoms with Crippen LogP contribution in [0.15, 0.2) is 42.7 Å². The Balaban J connectivity index is 1.73. The summed E-state index contributed by atoms with van der Waals surface area (Å²) >= 11 is 0. The predicted octanol–water partition coefficient (Wildman–Crippen LogP) is 2.17. The predicted molar refractivity (Wildman–Crippen MR) is 85.4 cm³/mol. The molecule has 23 heavy (non-hydrogen) atoms. The standard InChI is InChI=1S/C17H16N4O2/c18-10-13-1-3-15(4-2-13)20-16-9-14(11-19-12-16)17(22)21-5-7-23-8-6-21/h1-4,9,11-12,20H,5-8H2. The van der Waals surface area contributed by atoms with Gasteiger partial charge in [0.15, 0.2) is 0 Å². The van der Waals surface area contributed by atoms with Crippen molar-refractivity contribution in [1.29, 1.82) is 5.26 Å². The van der Waals surface area contributed by atoms with Crippen LogP contribution in [0.5, 0.6) is 0 Å². The van der Waals surface area contributed by atoms with Crippen molar-refractivity contribution in [3.63, 3.8) is 0 Å². The molecule has 1 saturated heterocycles. The molecule has 2 aromatic rings. The number of hydrogen-bond acceptors (Lipinski definition) is 5. The number of carbonyl (C=O) groups excluding carboxylic acids is 1. The second kappa shape index (κ2) is 6.90. The van der Waals surface area contributed by atoms with Crippen LogP contribution in [0.25, 0.3) is 0 Å². The van der Waals surface area contributed by atoms with Crippen molar-refractivity contribution in [1.82, 2.24) is 9.88 Å². The van der Waals surface area contributed by atoms with E-state index in [2.05, 4.69) is 16.4 Å². The van der Waals surface area contributed by atoms with Crippen LogP contribution in [0.4, 0.5) is 11.4 Å². The quantitative estimate of drug-likeness (QED) is 0.940. The highest BCUT2D eigenvalue weighted by molar-refractivity contribution is 5.95. The van der Waals surface area contributed by atoms with E-state index in [-0.39, 0.29) is 5.91 Å². The zero-order valence-corrected chi connectivity index (χ0v) is 12.5. The van der Waals surface area contributed by atoms with Crippen LogP contribution in [-0.2, 0) is 4.74 Å². The first kappa shape index (κ1) is 15.0. The number of benzene rings is 1. The third-order valence-electron chi connectivity index (χ3n) is 3.59. The average Bonchev–Trinajstić information content (AvgIpc) is 2.63. The first-order chi connectivity index (χ1) is 11.3. The summed E-state index contributed by atoms with van der Waals surface area (Å²) in [7, 11) is 0. The van der Waals surface area contributed by atoms with Crippen molar-refractivity contribution in [3.8, 4) is 6.07 Å². The Morgan fingerprint density at radius 3 is 2.61 bits per heavy atom. The summed E-state index contributed by atoms with van der Waals surface area (Å²) in [4.78, 5) is 18.4. The highest BCUT2D eigenvalue weighted by Gasteiger charge is 2.18. The number of pyridine rings is 1. The molecule has 1 N–H and O–H groups in total. The fourth-order valence-electron chi connectivity index (χ4n) is 2.37. The minimum atomic E-state index is -0.0377. The molecule has 6 nitrogen and oxygen atoms in total. The van der Waals surface area contributed by atoms with Gasteiger partial charge in [-0.25, -0.2) is 0 Å². The molecule has 0 bridgehead atoms. The molecule has 6 heteroatoms. The third-order valence-corrected chi connectivity index (χ3v) is 3.59. The molecule has 0 radical (unpaired) electrons. The number of hydrogen-bond donors (Lipinski definition) is 1. The highest BCUT2D eigenvalue weighted by atomic mass is 16.5. The average molecular weight is 308 g/mol. The van der Waals surface area contributed by atoms with E-state index in [0.717, 1.165) is 11.4 Å². The molecule has 1 aromatic carbocycles. The lowest BCUT2D eigenvalue weighted by Gasteiger charge is -2.26. The number of amides is 1. The maximum Gasteiger partial charge on any atom is 0.255 e. The van der Waals surface area contributed by atoms with Crippen LogP contribution in [0.1, 0.15) is 15.9 Å². The molecule has 2 heterocycles. The van der Waals surface area contributed by atoms with E-state index in [1.54, 1.807) is 35.5 Å². The first-order valence-corrected chi connectivity index (χ1v) is 7.35. The molecule has 1 fully saturated rings. The molecule has 1 aliphatic rings. The second-order valence-electron chi connectivity index (χ2n) is 5.18. The molecule has 0 aliphatic carbocycles. The van der Waals surface area contributed by atoms with E-state index < -0.39 is 0 Å². The van der Waals surface area contributed by atoms with E-state index in [9.17, 15) is 4.79 Å². The Hall–Kier alpha value is -2.91. The van der Waals surface area contributed by atoms with Crippen molar-refractivity contribution in [3.05, 3.63) is 53.9 Å². The van der Waals surface area contributed by atoms with Gasteiger partial charge in [-0.05, 0) is 30.3 Å². The minimum Gasteiger partial charge on any atom is -0.378 e. The summed E-state index contributed by atoms with van der Waals surface area (Å²) in [5, 5.41) is 12.0. The van der Waals surface area contributed by atoms with E-state index in [0.29, 0.717) is 37.4 Å². The van der Waals surface area contributed by atoms with Gasteiger partial charge in [-0.15, -0.1) is 0 Å². The lowest BCUT2D eigenvalue weighted by atomic mass is 10.2. The summed E-state index contributed by atoms with van der Waals surface area (Å²) in [5.41, 5.74) is 2.71. The maximum atomic E-state index is 12.5. The fourth-order valence-corrected chi connectivity index (χ4v) is 2.37. The number of nitrogens with one attached hydrogen (secondary N) is 1. The number of rotatable bonds is 3. The summed E-state index contributed by atoms with van der Waals surface area (Å²) in [5.74, 6) is -0.0377. The largest absolute Gasteiger partial charge is 0.378 e. The maximum absolute atomic E-state index is 12.5. The molecule has 1 amide bonds. The zero-order valence-electron chi connectivity index (χ0n) is 12.5. The smallest absolute Gasteiger partial charge is 0.255 e. The second-order valence-corrected chi connectivity index (χ2v) is 5.18. The molecule has 1 aromatic heterocycles. The number of carbonyl (C=O) groups is 1. The number of nitrogens with zero attached hydrogens (tertiary/aromatic N) is 3. The van der Waals surface area contributed by atoms with Crippen LogP contribution in [0.2, 0.25) is 0 Å². The van der Waals surface area contributed by atoms with E-state index in [1.165, 1.54) is 0 Å². The lowest BCUT2D eigenvalue weighted by molar-refractivity contribution is 0.0302. The zero-order chi connectivity index (χ0) is 16.1. The van der Waals surface area contributed by atoms with Crippen molar-refractivity contribution in [2.45, 2.75) is 0 Å². The summed E-state index contributed by atoms with van der Waals surface area (Å²) in [6.07, 6.45) is 3.23. The topological polar surface area (TPSA) is 78.2 Å². The van der Waals surface area contributed by atoms with Gasteiger partial charge in [-0.3, -0.25) is 9.78 Å². The van der Waals surface area contributed by atoms with Crippen molar-refractivity contribution < 1.29 is 9.53 Å². The van der Waals surface area contributed by atoms with E-state index >= 15 is 0 Å².